The first-order valence-corrected chi connectivity index (χ1v) is 4.55. The molecule has 0 heterocycles. The van der Waals surface area contributed by atoms with E-state index in [9.17, 15) is 39.2 Å². The van der Waals surface area contributed by atoms with Crippen molar-refractivity contribution in [2.45, 2.75) is 11.7 Å². The van der Waals surface area contributed by atoms with Crippen LogP contribution in [0.2, 0.25) is 0 Å². The van der Waals surface area contributed by atoms with E-state index in [1.807, 2.05) is 0 Å². The zero-order valence-corrected chi connectivity index (χ0v) is 7.95. The molecule has 1 N–H and O–H groups in total. The molecule has 5 nitrogen and oxygen atoms in total. The van der Waals surface area contributed by atoms with Crippen LogP contribution in [0.4, 0.5) is 30.7 Å². The molecule has 0 aromatic rings. The zero-order chi connectivity index (χ0) is 14.1. The molecule has 0 aromatic carbocycles. The molecule has 102 valence electrons. The van der Waals surface area contributed by atoms with E-state index in [1.54, 1.807) is 0 Å². The van der Waals surface area contributed by atoms with Gasteiger partial charge in [0.25, 0.3) is 0 Å². The first kappa shape index (κ1) is 15.9. The molecule has 0 amide bonds. The summed E-state index contributed by atoms with van der Waals surface area (Å²) in [6, 6.07) is -3.26. The fourth-order valence-corrected chi connectivity index (χ4v) is 0.557. The lowest BCUT2D eigenvalue weighted by molar-refractivity contribution is -0.441. The third-order valence-corrected chi connectivity index (χ3v) is 1.58. The average Bonchev–Trinajstić information content (AvgIpc) is 1.97. The molecule has 0 bridgehead atoms. The van der Waals surface area contributed by atoms with Gasteiger partial charge in [0.15, 0.2) is 0 Å². The monoisotopic (exact) mass is 294 g/mol. The molecule has 0 unspecified atom stereocenters. The lowest BCUT2D eigenvalue weighted by Gasteiger charge is -2.19. The van der Waals surface area contributed by atoms with Crippen LogP contribution in [-0.4, -0.2) is 24.7 Å². The highest BCUT2D eigenvalue weighted by Crippen LogP contribution is 2.33. The molecule has 0 aliphatic rings. The van der Waals surface area contributed by atoms with Gasteiger partial charge in [0.05, 0.1) is 0 Å². The maximum atomic E-state index is 12.2. The highest BCUT2D eigenvalue weighted by molar-refractivity contribution is 7.86. The van der Waals surface area contributed by atoms with Crippen molar-refractivity contribution < 1.29 is 53.2 Å². The van der Waals surface area contributed by atoms with Gasteiger partial charge in [-0.25, -0.2) is 4.74 Å². The smallest absolute Gasteiger partial charge is 0.378 e. The minimum Gasteiger partial charge on any atom is -0.378 e. The Morgan fingerprint density at radius 2 is 1.47 bits per heavy atom. The Balaban J connectivity index is 4.96. The molecule has 0 aromatic heterocycles. The summed E-state index contributed by atoms with van der Waals surface area (Å²) in [5.74, 6) is 0. The molecule has 0 rings (SSSR count). The fraction of sp³-hybridized carbons (Fsp3) is 0.500. The molecule has 0 atom stereocenters. The predicted octanol–water partition coefficient (Wildman–Crippen LogP) is 2.04. The van der Waals surface area contributed by atoms with E-state index < -0.39 is 33.9 Å². The Hall–Kier alpha value is -1.08. The number of rotatable bonds is 5. The van der Waals surface area contributed by atoms with E-state index in [0.717, 1.165) is 0 Å². The van der Waals surface area contributed by atoms with E-state index in [0.29, 0.717) is 0 Å². The molecule has 0 aliphatic heterocycles. The van der Waals surface area contributed by atoms with Gasteiger partial charge in [-0.05, 0) is 0 Å². The Labute approximate surface area is 88.2 Å². The first-order valence-electron chi connectivity index (χ1n) is 3.11. The molecule has 13 heteroatoms. The summed E-state index contributed by atoms with van der Waals surface area (Å²) in [5, 5.41) is 0. The quantitative estimate of drug-likeness (QED) is 0.363. The van der Waals surface area contributed by atoms with Gasteiger partial charge in [-0.1, -0.05) is 0 Å². The molecular formula is C4HF7O5S. The summed E-state index contributed by atoms with van der Waals surface area (Å²) in [6.07, 6.45) is -9.18. The van der Waals surface area contributed by atoms with Crippen molar-refractivity contribution in [1.29, 1.82) is 0 Å². The Morgan fingerprint density at radius 1 is 1.06 bits per heavy atom. The predicted molar refractivity (Wildman–Crippen MR) is 34.0 cm³/mol. The number of hydrogen-bond donors (Lipinski definition) is 1. The fourth-order valence-electron chi connectivity index (χ4n) is 0.355. The Kier molecular flexibility index (Phi) is 4.36. The minimum atomic E-state index is -6.43. The van der Waals surface area contributed by atoms with Gasteiger partial charge in [-0.2, -0.15) is 30.4 Å². The summed E-state index contributed by atoms with van der Waals surface area (Å²) >= 11 is 0. The van der Waals surface area contributed by atoms with Crippen LogP contribution in [0.1, 0.15) is 0 Å². The highest BCUT2D eigenvalue weighted by Gasteiger charge is 2.56. The van der Waals surface area contributed by atoms with Gasteiger partial charge in [0.1, 0.15) is 0 Å². The number of alkyl halides is 4. The lowest BCUT2D eigenvalue weighted by Crippen LogP contribution is -2.40. The second-order valence-corrected chi connectivity index (χ2v) is 3.57. The molecule has 17 heavy (non-hydrogen) atoms. The second-order valence-electron chi connectivity index (χ2n) is 2.14. The maximum absolute atomic E-state index is 12.2. The summed E-state index contributed by atoms with van der Waals surface area (Å²) in [7, 11) is -6.43. The third kappa shape index (κ3) is 4.74. The summed E-state index contributed by atoms with van der Waals surface area (Å²) in [4.78, 5) is 0. The van der Waals surface area contributed by atoms with Crippen LogP contribution in [0.15, 0.2) is 12.1 Å². The topological polar surface area (TPSA) is 72.8 Å². The number of ether oxygens (including phenoxy) is 2. The van der Waals surface area contributed by atoms with E-state index in [2.05, 4.69) is 9.47 Å². The SMILES string of the molecule is O=S(=O)(O)C(F)(F)OC(F)(F)OC(F)=C(F)F. The highest BCUT2D eigenvalue weighted by atomic mass is 32.2. The molecule has 0 aliphatic carbocycles. The standard InChI is InChI=1S/C4HF7O5S/c5-1(6)2(7)15-3(8,9)16-4(10,11)17(12,13)14/h(H,12,13,14). The summed E-state index contributed by atoms with van der Waals surface area (Å²) < 4.78 is 115. The number of halogens is 7. The minimum absolute atomic E-state index is 2.08. The third-order valence-electron chi connectivity index (χ3n) is 0.895. The van der Waals surface area contributed by atoms with E-state index in [1.165, 1.54) is 0 Å². The molecule has 0 spiro atoms. The van der Waals surface area contributed by atoms with Crippen LogP contribution in [0.3, 0.4) is 0 Å². The van der Waals surface area contributed by atoms with Crippen molar-refractivity contribution in [3.05, 3.63) is 12.1 Å². The van der Waals surface area contributed by atoms with Crippen LogP contribution in [0.25, 0.3) is 0 Å². The van der Waals surface area contributed by atoms with Gasteiger partial charge in [0, 0.05) is 0 Å². The van der Waals surface area contributed by atoms with Gasteiger partial charge >= 0.3 is 33.9 Å². The lowest BCUT2D eigenvalue weighted by atomic mass is 11.0. The van der Waals surface area contributed by atoms with Crippen molar-refractivity contribution in [3.63, 3.8) is 0 Å². The van der Waals surface area contributed by atoms with Gasteiger partial charge in [-0.15, -0.1) is 8.78 Å². The van der Waals surface area contributed by atoms with Crippen LogP contribution < -0.4 is 0 Å². The average molecular weight is 294 g/mol. The van der Waals surface area contributed by atoms with Crippen LogP contribution >= 0.6 is 0 Å². The van der Waals surface area contributed by atoms with Crippen LogP contribution in [0, 0.1) is 0 Å². The van der Waals surface area contributed by atoms with Crippen molar-refractivity contribution in [2.75, 3.05) is 0 Å². The second kappa shape index (κ2) is 4.66. The van der Waals surface area contributed by atoms with Crippen LogP contribution in [0.5, 0.6) is 0 Å². The molecule has 0 radical (unpaired) electrons. The van der Waals surface area contributed by atoms with Crippen molar-refractivity contribution >= 4 is 10.1 Å². The van der Waals surface area contributed by atoms with E-state index in [4.69, 9.17) is 4.55 Å². The van der Waals surface area contributed by atoms with Crippen molar-refractivity contribution in [3.8, 4) is 0 Å². The van der Waals surface area contributed by atoms with E-state index in [-0.39, 0.29) is 0 Å². The largest absolute Gasteiger partial charge is 0.542 e. The molecular weight excluding hydrogens is 293 g/mol. The van der Waals surface area contributed by atoms with Crippen molar-refractivity contribution in [1.82, 2.24) is 0 Å². The Morgan fingerprint density at radius 3 is 1.76 bits per heavy atom. The maximum Gasteiger partial charge on any atom is 0.542 e. The first-order chi connectivity index (χ1) is 7.28. The molecule has 0 saturated heterocycles. The normalized spacial score (nSPS) is 13.4. The number of hydrogen-bond acceptors (Lipinski definition) is 4. The van der Waals surface area contributed by atoms with Crippen molar-refractivity contribution in [2.24, 2.45) is 0 Å². The van der Waals surface area contributed by atoms with Crippen LogP contribution in [-0.2, 0) is 19.6 Å². The van der Waals surface area contributed by atoms with Gasteiger partial charge < -0.3 is 4.74 Å². The van der Waals surface area contributed by atoms with Gasteiger partial charge in [0.2, 0.25) is 0 Å². The van der Waals surface area contributed by atoms with Gasteiger partial charge in [-0.3, -0.25) is 4.55 Å². The summed E-state index contributed by atoms with van der Waals surface area (Å²) in [5.41, 5.74) is -5.89. The van der Waals surface area contributed by atoms with E-state index >= 15 is 0 Å². The molecule has 0 fully saturated rings. The summed E-state index contributed by atoms with van der Waals surface area (Å²) in [6.45, 7) is 0. The molecule has 0 saturated carbocycles. The zero-order valence-electron chi connectivity index (χ0n) is 7.13. The Bertz CT molecular complexity index is 410.